The molecule has 3 rings (SSSR count). The number of Topliss-reactive ketones (excluding diaryl/α,β-unsaturated/α-hetero) is 1. The summed E-state index contributed by atoms with van der Waals surface area (Å²) in [7, 11) is -3.16. The van der Waals surface area contributed by atoms with Crippen LogP contribution in [0.25, 0.3) is 0 Å². The number of rotatable bonds is 4. The molecule has 1 saturated heterocycles. The molecule has 0 spiro atoms. The van der Waals surface area contributed by atoms with Crippen molar-refractivity contribution in [2.75, 3.05) is 12.3 Å². The summed E-state index contributed by atoms with van der Waals surface area (Å²) in [5, 5.41) is 0. The number of ketones is 1. The molecular formula is C15H25NO3S. The second kappa shape index (κ2) is 5.76. The van der Waals surface area contributed by atoms with Crippen LogP contribution in [0.1, 0.15) is 57.8 Å². The van der Waals surface area contributed by atoms with E-state index in [2.05, 4.69) is 0 Å². The van der Waals surface area contributed by atoms with Crippen LogP contribution in [0.3, 0.4) is 0 Å². The van der Waals surface area contributed by atoms with Gasteiger partial charge >= 0.3 is 0 Å². The van der Waals surface area contributed by atoms with Gasteiger partial charge in [0.1, 0.15) is 5.78 Å². The first-order valence-corrected chi connectivity index (χ1v) is 9.71. The van der Waals surface area contributed by atoms with E-state index in [-0.39, 0.29) is 12.0 Å². The molecule has 20 heavy (non-hydrogen) atoms. The maximum Gasteiger partial charge on any atom is 0.214 e. The second-order valence-corrected chi connectivity index (χ2v) is 8.68. The third kappa shape index (κ3) is 3.08. The van der Waals surface area contributed by atoms with Crippen LogP contribution in [-0.2, 0) is 14.8 Å². The normalized spacial score (nSPS) is 33.3. The Kier molecular flexibility index (Phi) is 4.18. The molecule has 2 atom stereocenters. The summed E-state index contributed by atoms with van der Waals surface area (Å²) in [6, 6.07) is -0.0414. The third-order valence-electron chi connectivity index (χ3n) is 5.07. The fourth-order valence-corrected chi connectivity index (χ4v) is 5.97. The SMILES string of the molecule is O=C1CCCCC1C1CCCCN1S(=O)(=O)CC1CC1. The van der Waals surface area contributed by atoms with E-state index in [0.29, 0.717) is 30.4 Å². The molecule has 0 amide bonds. The van der Waals surface area contributed by atoms with Crippen molar-refractivity contribution in [3.63, 3.8) is 0 Å². The minimum Gasteiger partial charge on any atom is -0.299 e. The van der Waals surface area contributed by atoms with Crippen LogP contribution in [0.15, 0.2) is 0 Å². The van der Waals surface area contributed by atoms with E-state index < -0.39 is 10.0 Å². The number of nitrogens with zero attached hydrogens (tertiary/aromatic N) is 1. The highest BCUT2D eigenvalue weighted by Crippen LogP contribution is 2.36. The highest BCUT2D eigenvalue weighted by atomic mass is 32.2. The molecule has 0 radical (unpaired) electrons. The number of carbonyl (C=O) groups is 1. The zero-order valence-electron chi connectivity index (χ0n) is 12.1. The van der Waals surface area contributed by atoms with Crippen molar-refractivity contribution in [3.05, 3.63) is 0 Å². The van der Waals surface area contributed by atoms with Gasteiger partial charge in [-0.2, -0.15) is 4.31 Å². The summed E-state index contributed by atoms with van der Waals surface area (Å²) in [6.45, 7) is 0.628. The largest absolute Gasteiger partial charge is 0.299 e. The molecule has 3 fully saturated rings. The lowest BCUT2D eigenvalue weighted by atomic mass is 9.80. The molecule has 5 heteroatoms. The number of piperidine rings is 1. The standard InChI is InChI=1S/C15H25NO3S/c17-15-7-2-1-5-13(15)14-6-3-4-10-16(14)20(18,19)11-12-8-9-12/h12-14H,1-11H2. The summed E-state index contributed by atoms with van der Waals surface area (Å²) in [5.41, 5.74) is 0. The number of hydrogen-bond donors (Lipinski definition) is 0. The topological polar surface area (TPSA) is 54.5 Å². The van der Waals surface area contributed by atoms with Gasteiger partial charge in [0.15, 0.2) is 0 Å². The molecule has 0 aromatic carbocycles. The summed E-state index contributed by atoms with van der Waals surface area (Å²) >= 11 is 0. The fraction of sp³-hybridized carbons (Fsp3) is 0.933. The van der Waals surface area contributed by atoms with Gasteiger partial charge in [-0.05, 0) is 44.4 Å². The van der Waals surface area contributed by atoms with Crippen molar-refractivity contribution in [3.8, 4) is 0 Å². The average Bonchev–Trinajstić information content (AvgIpc) is 3.23. The van der Waals surface area contributed by atoms with Crippen molar-refractivity contribution in [2.45, 2.75) is 63.8 Å². The molecule has 0 bridgehead atoms. The number of hydrogen-bond acceptors (Lipinski definition) is 3. The van der Waals surface area contributed by atoms with Crippen LogP contribution in [0, 0.1) is 11.8 Å². The highest BCUT2D eigenvalue weighted by Gasteiger charge is 2.42. The predicted molar refractivity (Wildman–Crippen MR) is 77.8 cm³/mol. The van der Waals surface area contributed by atoms with Crippen LogP contribution in [-0.4, -0.2) is 36.8 Å². The zero-order valence-corrected chi connectivity index (χ0v) is 12.9. The molecule has 2 saturated carbocycles. The molecule has 1 heterocycles. The predicted octanol–water partition coefficient (Wildman–Crippen LogP) is 2.34. The molecule has 3 aliphatic rings. The molecular weight excluding hydrogens is 274 g/mol. The lowest BCUT2D eigenvalue weighted by Gasteiger charge is -2.40. The van der Waals surface area contributed by atoms with E-state index in [4.69, 9.17) is 0 Å². The quantitative estimate of drug-likeness (QED) is 0.800. The van der Waals surface area contributed by atoms with E-state index in [9.17, 15) is 13.2 Å². The molecule has 0 aromatic heterocycles. The highest BCUT2D eigenvalue weighted by molar-refractivity contribution is 7.89. The van der Waals surface area contributed by atoms with Crippen LogP contribution in [0.2, 0.25) is 0 Å². The van der Waals surface area contributed by atoms with Gasteiger partial charge in [-0.25, -0.2) is 8.42 Å². The van der Waals surface area contributed by atoms with Crippen LogP contribution >= 0.6 is 0 Å². The first-order valence-electron chi connectivity index (χ1n) is 8.10. The van der Waals surface area contributed by atoms with Gasteiger partial charge in [0, 0.05) is 24.9 Å². The molecule has 1 aliphatic heterocycles. The average molecular weight is 299 g/mol. The zero-order chi connectivity index (χ0) is 14.2. The van der Waals surface area contributed by atoms with Gasteiger partial charge in [0.25, 0.3) is 0 Å². The van der Waals surface area contributed by atoms with Crippen molar-refractivity contribution in [1.29, 1.82) is 0 Å². The number of sulfonamides is 1. The summed E-state index contributed by atoms with van der Waals surface area (Å²) in [6.07, 6.45) is 8.59. The van der Waals surface area contributed by atoms with E-state index in [1.54, 1.807) is 4.31 Å². The summed E-state index contributed by atoms with van der Waals surface area (Å²) < 4.78 is 26.9. The van der Waals surface area contributed by atoms with E-state index in [1.807, 2.05) is 0 Å². The Morgan fingerprint density at radius 2 is 1.75 bits per heavy atom. The Hall–Kier alpha value is -0.420. The molecule has 0 N–H and O–H groups in total. The van der Waals surface area contributed by atoms with E-state index in [0.717, 1.165) is 51.4 Å². The second-order valence-electron chi connectivity index (χ2n) is 6.71. The Morgan fingerprint density at radius 3 is 2.45 bits per heavy atom. The van der Waals surface area contributed by atoms with Gasteiger partial charge in [-0.15, -0.1) is 0 Å². The van der Waals surface area contributed by atoms with Gasteiger partial charge < -0.3 is 0 Å². The first-order chi connectivity index (χ1) is 9.58. The first kappa shape index (κ1) is 14.5. The molecule has 2 aliphatic carbocycles. The van der Waals surface area contributed by atoms with Crippen molar-refractivity contribution in [2.24, 2.45) is 11.8 Å². The smallest absolute Gasteiger partial charge is 0.214 e. The Balaban J connectivity index is 1.77. The minimum atomic E-state index is -3.16. The van der Waals surface area contributed by atoms with E-state index >= 15 is 0 Å². The van der Waals surface area contributed by atoms with Gasteiger partial charge in [-0.3, -0.25) is 4.79 Å². The van der Waals surface area contributed by atoms with Crippen LogP contribution in [0.4, 0.5) is 0 Å². The number of carbonyl (C=O) groups excluding carboxylic acids is 1. The minimum absolute atomic E-state index is 0.0296. The summed E-state index contributed by atoms with van der Waals surface area (Å²) in [4.78, 5) is 12.2. The lowest BCUT2D eigenvalue weighted by Crippen LogP contribution is -2.50. The Labute approximate surface area is 122 Å². The van der Waals surface area contributed by atoms with Gasteiger partial charge in [0.05, 0.1) is 5.75 Å². The Bertz CT molecular complexity index is 470. The molecule has 114 valence electrons. The van der Waals surface area contributed by atoms with Crippen molar-refractivity contribution >= 4 is 15.8 Å². The van der Waals surface area contributed by atoms with Gasteiger partial charge in [-0.1, -0.05) is 12.8 Å². The molecule has 0 aromatic rings. The van der Waals surface area contributed by atoms with Crippen molar-refractivity contribution < 1.29 is 13.2 Å². The Morgan fingerprint density at radius 1 is 1.00 bits per heavy atom. The fourth-order valence-electron chi connectivity index (χ4n) is 3.77. The monoisotopic (exact) mass is 299 g/mol. The van der Waals surface area contributed by atoms with E-state index in [1.165, 1.54) is 0 Å². The third-order valence-corrected chi connectivity index (χ3v) is 7.13. The van der Waals surface area contributed by atoms with Gasteiger partial charge in [0.2, 0.25) is 10.0 Å². The van der Waals surface area contributed by atoms with Crippen molar-refractivity contribution in [1.82, 2.24) is 4.31 Å². The molecule has 2 unspecified atom stereocenters. The van der Waals surface area contributed by atoms with Crippen LogP contribution < -0.4 is 0 Å². The van der Waals surface area contributed by atoms with Crippen LogP contribution in [0.5, 0.6) is 0 Å². The maximum atomic E-state index is 12.6. The lowest BCUT2D eigenvalue weighted by molar-refractivity contribution is -0.126. The maximum absolute atomic E-state index is 12.6. The summed E-state index contributed by atoms with van der Waals surface area (Å²) in [5.74, 6) is 0.960. The molecule has 4 nitrogen and oxygen atoms in total.